The van der Waals surface area contributed by atoms with Crippen LogP contribution in [-0.2, 0) is 9.53 Å². The Morgan fingerprint density at radius 2 is 2.23 bits per heavy atom. The van der Waals surface area contributed by atoms with E-state index in [0.717, 1.165) is 22.7 Å². The monoisotopic (exact) mass is 334 g/mol. The number of ether oxygens (including phenoxy) is 1. The van der Waals surface area contributed by atoms with Gasteiger partial charge in [0.05, 0.1) is 16.8 Å². The molecular weight excluding hydrogens is 316 g/mol. The second kappa shape index (κ2) is 8.70. The maximum Gasteiger partial charge on any atom is 0.333 e. The average Bonchev–Trinajstić information content (AvgIpc) is 2.93. The zero-order valence-electron chi connectivity index (χ0n) is 12.6. The summed E-state index contributed by atoms with van der Waals surface area (Å²) in [5.41, 5.74) is 1.66. The first kappa shape index (κ1) is 16.7. The topological polar surface area (TPSA) is 51.5 Å². The van der Waals surface area contributed by atoms with Crippen molar-refractivity contribution in [2.45, 2.75) is 31.0 Å². The Hall–Kier alpha value is -1.66. The summed E-state index contributed by atoms with van der Waals surface area (Å²) in [6.07, 6.45) is 5.29. The Morgan fingerprint density at radius 1 is 1.41 bits per heavy atom. The number of nitrogens with zero attached hydrogens (tertiary/aromatic N) is 2. The van der Waals surface area contributed by atoms with Crippen molar-refractivity contribution >= 4 is 45.7 Å². The number of carbonyl (C=O) groups is 1. The molecule has 0 unspecified atom stereocenters. The molecule has 22 heavy (non-hydrogen) atoms. The summed E-state index contributed by atoms with van der Waals surface area (Å²) in [4.78, 5) is 15.9. The van der Waals surface area contributed by atoms with Crippen molar-refractivity contribution in [3.8, 4) is 0 Å². The van der Waals surface area contributed by atoms with Gasteiger partial charge in [-0.3, -0.25) is 0 Å². The van der Waals surface area contributed by atoms with Crippen LogP contribution in [0.5, 0.6) is 0 Å². The summed E-state index contributed by atoms with van der Waals surface area (Å²) in [7, 11) is 0. The standard InChI is InChI=1S/C16H18N2O2S2/c1-3-20-15(19)12(2)8-6-7-11-17-22-16-18-13-9-4-5-10-14(13)21-16/h4-5,8-11H,3,6-7H2,1-2H3/b12-8-,17-11+. The number of unbranched alkanes of at least 4 members (excludes halogenated alkanes) is 1. The molecule has 0 spiro atoms. The first-order valence-corrected chi connectivity index (χ1v) is 8.68. The van der Waals surface area contributed by atoms with Crippen LogP contribution in [0.2, 0.25) is 0 Å². The summed E-state index contributed by atoms with van der Waals surface area (Å²) in [6.45, 7) is 3.98. The zero-order valence-corrected chi connectivity index (χ0v) is 14.2. The number of allylic oxidation sites excluding steroid dienone is 1. The van der Waals surface area contributed by atoms with E-state index in [9.17, 15) is 4.79 Å². The Kier molecular flexibility index (Phi) is 6.61. The number of carbonyl (C=O) groups excluding carboxylic acids is 1. The summed E-state index contributed by atoms with van der Waals surface area (Å²) in [6, 6.07) is 8.06. The van der Waals surface area contributed by atoms with Crippen LogP contribution in [0.4, 0.5) is 0 Å². The number of fused-ring (bicyclic) bond motifs is 1. The summed E-state index contributed by atoms with van der Waals surface area (Å²) >= 11 is 3.02. The first-order chi connectivity index (χ1) is 10.7. The molecule has 0 fully saturated rings. The number of para-hydroxylation sites is 1. The molecule has 1 aromatic carbocycles. The molecule has 1 aromatic heterocycles. The molecule has 0 aliphatic rings. The largest absolute Gasteiger partial charge is 0.463 e. The van der Waals surface area contributed by atoms with Gasteiger partial charge in [0.1, 0.15) is 0 Å². The predicted molar refractivity (Wildman–Crippen MR) is 93.6 cm³/mol. The van der Waals surface area contributed by atoms with E-state index < -0.39 is 0 Å². The van der Waals surface area contributed by atoms with E-state index in [1.807, 2.05) is 30.5 Å². The van der Waals surface area contributed by atoms with Crippen molar-refractivity contribution in [3.63, 3.8) is 0 Å². The van der Waals surface area contributed by atoms with E-state index >= 15 is 0 Å². The molecule has 4 nitrogen and oxygen atoms in total. The molecule has 0 saturated carbocycles. The second-order valence-electron chi connectivity index (χ2n) is 4.51. The maximum atomic E-state index is 11.4. The Morgan fingerprint density at radius 3 is 3.00 bits per heavy atom. The molecule has 0 bridgehead atoms. The quantitative estimate of drug-likeness (QED) is 0.243. The van der Waals surface area contributed by atoms with Gasteiger partial charge in [0.25, 0.3) is 0 Å². The number of rotatable bonds is 7. The molecule has 0 radical (unpaired) electrons. The van der Waals surface area contributed by atoms with Gasteiger partial charge >= 0.3 is 5.97 Å². The SMILES string of the molecule is CCOC(=O)/C(C)=C\CC/C=N/Sc1nc2ccccc2s1. The van der Waals surface area contributed by atoms with E-state index in [1.165, 1.54) is 16.6 Å². The number of aromatic nitrogens is 1. The van der Waals surface area contributed by atoms with Gasteiger partial charge in [-0.25, -0.2) is 14.2 Å². The number of hydrogen-bond acceptors (Lipinski definition) is 6. The van der Waals surface area contributed by atoms with Crippen LogP contribution >= 0.6 is 23.3 Å². The number of esters is 1. The zero-order chi connectivity index (χ0) is 15.8. The minimum absolute atomic E-state index is 0.247. The Bertz CT molecular complexity index is 659. The van der Waals surface area contributed by atoms with Gasteiger partial charge in [0.15, 0.2) is 4.34 Å². The molecule has 6 heteroatoms. The van der Waals surface area contributed by atoms with Crippen molar-refractivity contribution in [1.29, 1.82) is 0 Å². The van der Waals surface area contributed by atoms with Crippen LogP contribution in [0, 0.1) is 0 Å². The first-order valence-electron chi connectivity index (χ1n) is 7.09. The fourth-order valence-corrected chi connectivity index (χ4v) is 3.38. The fraction of sp³-hybridized carbons (Fsp3) is 0.312. The lowest BCUT2D eigenvalue weighted by Gasteiger charge is -2.00. The predicted octanol–water partition coefficient (Wildman–Crippen LogP) is 4.66. The van der Waals surface area contributed by atoms with Crippen LogP contribution in [-0.4, -0.2) is 23.8 Å². The minimum atomic E-state index is -0.247. The molecule has 0 aliphatic heterocycles. The molecule has 0 aliphatic carbocycles. The van der Waals surface area contributed by atoms with Crippen molar-refractivity contribution in [3.05, 3.63) is 35.9 Å². The van der Waals surface area contributed by atoms with E-state index in [2.05, 4.69) is 15.4 Å². The molecule has 0 atom stereocenters. The molecule has 0 amide bonds. The van der Waals surface area contributed by atoms with Crippen LogP contribution in [0.15, 0.2) is 44.7 Å². The van der Waals surface area contributed by atoms with Gasteiger partial charge in [-0.1, -0.05) is 18.2 Å². The van der Waals surface area contributed by atoms with Gasteiger partial charge in [-0.05, 0) is 38.8 Å². The van der Waals surface area contributed by atoms with E-state index in [1.54, 1.807) is 25.2 Å². The van der Waals surface area contributed by atoms with Gasteiger partial charge in [-0.15, -0.1) is 11.3 Å². The van der Waals surface area contributed by atoms with Crippen LogP contribution in [0.1, 0.15) is 26.7 Å². The van der Waals surface area contributed by atoms with E-state index in [4.69, 9.17) is 4.74 Å². The van der Waals surface area contributed by atoms with Gasteiger partial charge in [0.2, 0.25) is 0 Å². The lowest BCUT2D eigenvalue weighted by atomic mass is 10.2. The second-order valence-corrected chi connectivity index (χ2v) is 6.58. The highest BCUT2D eigenvalue weighted by atomic mass is 32.2. The van der Waals surface area contributed by atoms with Crippen LogP contribution in [0.25, 0.3) is 10.2 Å². The summed E-state index contributed by atoms with van der Waals surface area (Å²) in [5.74, 6) is -0.247. The van der Waals surface area contributed by atoms with Crippen molar-refractivity contribution in [2.24, 2.45) is 4.40 Å². The van der Waals surface area contributed by atoms with E-state index in [-0.39, 0.29) is 5.97 Å². The fourth-order valence-electron chi connectivity index (χ4n) is 1.73. The molecule has 1 heterocycles. The highest BCUT2D eigenvalue weighted by Gasteiger charge is 2.03. The minimum Gasteiger partial charge on any atom is -0.463 e. The molecule has 2 aromatic rings. The molecular formula is C16H18N2O2S2. The normalized spacial score (nSPS) is 12.2. The number of hydrogen-bond donors (Lipinski definition) is 0. The lowest BCUT2D eigenvalue weighted by Crippen LogP contribution is -2.04. The highest BCUT2D eigenvalue weighted by molar-refractivity contribution is 8.00. The Labute approximate surface area is 138 Å². The smallest absolute Gasteiger partial charge is 0.333 e. The van der Waals surface area contributed by atoms with Gasteiger partial charge in [0, 0.05) is 23.7 Å². The number of benzene rings is 1. The molecule has 0 N–H and O–H groups in total. The lowest BCUT2D eigenvalue weighted by molar-refractivity contribution is -0.138. The maximum absolute atomic E-state index is 11.4. The third-order valence-corrected chi connectivity index (χ3v) is 4.63. The van der Waals surface area contributed by atoms with Crippen molar-refractivity contribution < 1.29 is 9.53 Å². The van der Waals surface area contributed by atoms with E-state index in [0.29, 0.717) is 12.2 Å². The van der Waals surface area contributed by atoms with Crippen molar-refractivity contribution in [2.75, 3.05) is 6.61 Å². The highest BCUT2D eigenvalue weighted by Crippen LogP contribution is 2.29. The Balaban J connectivity index is 1.76. The molecule has 116 valence electrons. The molecule has 2 rings (SSSR count). The average molecular weight is 334 g/mol. The van der Waals surface area contributed by atoms with Gasteiger partial charge < -0.3 is 4.74 Å². The summed E-state index contributed by atoms with van der Waals surface area (Å²) < 4.78 is 11.3. The third kappa shape index (κ3) is 4.96. The van der Waals surface area contributed by atoms with Crippen molar-refractivity contribution in [1.82, 2.24) is 4.98 Å². The summed E-state index contributed by atoms with van der Waals surface area (Å²) in [5, 5.41) is 0. The number of thiazole rings is 1. The third-order valence-electron chi connectivity index (χ3n) is 2.82. The van der Waals surface area contributed by atoms with Gasteiger partial charge in [-0.2, -0.15) is 0 Å². The van der Waals surface area contributed by atoms with Crippen LogP contribution in [0.3, 0.4) is 0 Å². The molecule has 0 saturated heterocycles. The van der Waals surface area contributed by atoms with Crippen LogP contribution < -0.4 is 0 Å².